The number of hydrogen-bond acceptors (Lipinski definition) is 4. The highest BCUT2D eigenvalue weighted by Crippen LogP contribution is 2.23. The number of para-hydroxylation sites is 1. The maximum Gasteiger partial charge on any atom is 0.229 e. The maximum absolute atomic E-state index is 7.58. The van der Waals surface area contributed by atoms with Crippen LogP contribution in [0.2, 0.25) is 0 Å². The van der Waals surface area contributed by atoms with Crippen molar-refractivity contribution in [3.8, 4) is 0 Å². The van der Waals surface area contributed by atoms with E-state index in [0.717, 1.165) is 9.26 Å². The summed E-state index contributed by atoms with van der Waals surface area (Å²) in [4.78, 5) is 10.3. The molecular formula is C12H12IN5. The Kier molecular flexibility index (Phi) is 3.75. The number of rotatable bonds is 3. The van der Waals surface area contributed by atoms with E-state index in [4.69, 9.17) is 11.1 Å². The lowest BCUT2D eigenvalue weighted by atomic mass is 10.1. The second-order valence-corrected chi connectivity index (χ2v) is 4.94. The summed E-state index contributed by atoms with van der Waals surface area (Å²) in [7, 11) is 1.85. The highest BCUT2D eigenvalue weighted by Gasteiger charge is 2.12. The number of benzene rings is 1. The van der Waals surface area contributed by atoms with Crippen LogP contribution in [0.1, 0.15) is 5.56 Å². The van der Waals surface area contributed by atoms with Gasteiger partial charge in [0.1, 0.15) is 5.84 Å². The van der Waals surface area contributed by atoms with Crippen LogP contribution >= 0.6 is 22.6 Å². The molecule has 0 bridgehead atoms. The predicted octanol–water partition coefficient (Wildman–Crippen LogP) is 2.13. The molecule has 0 atom stereocenters. The van der Waals surface area contributed by atoms with E-state index < -0.39 is 0 Å². The number of halogens is 1. The average Bonchev–Trinajstić information content (AvgIpc) is 2.39. The van der Waals surface area contributed by atoms with E-state index in [9.17, 15) is 0 Å². The smallest absolute Gasteiger partial charge is 0.229 e. The molecule has 18 heavy (non-hydrogen) atoms. The Bertz CT molecular complexity index is 567. The molecule has 1 heterocycles. The molecule has 2 aromatic rings. The van der Waals surface area contributed by atoms with Gasteiger partial charge in [-0.15, -0.1) is 0 Å². The molecule has 0 saturated carbocycles. The van der Waals surface area contributed by atoms with Crippen LogP contribution in [0.5, 0.6) is 0 Å². The van der Waals surface area contributed by atoms with Crippen LogP contribution in [0, 0.1) is 8.98 Å². The van der Waals surface area contributed by atoms with Gasteiger partial charge in [0.2, 0.25) is 5.95 Å². The summed E-state index contributed by atoms with van der Waals surface area (Å²) in [5.74, 6) is 0.604. The van der Waals surface area contributed by atoms with Gasteiger partial charge in [-0.1, -0.05) is 12.1 Å². The number of nitrogens with zero attached hydrogens (tertiary/aromatic N) is 3. The van der Waals surface area contributed by atoms with Gasteiger partial charge in [-0.3, -0.25) is 5.41 Å². The first-order chi connectivity index (χ1) is 8.59. The molecule has 3 N–H and O–H groups in total. The van der Waals surface area contributed by atoms with Gasteiger partial charge in [0, 0.05) is 28.6 Å². The summed E-state index contributed by atoms with van der Waals surface area (Å²) < 4.78 is 0.976. The fourth-order valence-electron chi connectivity index (χ4n) is 1.58. The van der Waals surface area contributed by atoms with Crippen molar-refractivity contribution >= 4 is 40.1 Å². The molecule has 0 radical (unpaired) electrons. The molecule has 0 aliphatic carbocycles. The lowest BCUT2D eigenvalue weighted by Crippen LogP contribution is -2.19. The van der Waals surface area contributed by atoms with E-state index in [1.807, 2.05) is 30.1 Å². The number of hydrogen-bond donors (Lipinski definition) is 2. The highest BCUT2D eigenvalue weighted by atomic mass is 127. The fraction of sp³-hybridized carbons (Fsp3) is 0.0833. The summed E-state index contributed by atoms with van der Waals surface area (Å²) in [6, 6.07) is 7.44. The monoisotopic (exact) mass is 353 g/mol. The Labute approximate surface area is 119 Å². The van der Waals surface area contributed by atoms with E-state index in [1.165, 1.54) is 0 Å². The Balaban J connectivity index is 2.42. The average molecular weight is 353 g/mol. The quantitative estimate of drug-likeness (QED) is 0.503. The lowest BCUT2D eigenvalue weighted by Gasteiger charge is -2.19. The third-order valence-corrected chi connectivity index (χ3v) is 3.02. The van der Waals surface area contributed by atoms with Gasteiger partial charge < -0.3 is 10.6 Å². The molecule has 0 fully saturated rings. The third-order valence-electron chi connectivity index (χ3n) is 2.46. The number of amidine groups is 1. The summed E-state index contributed by atoms with van der Waals surface area (Å²) in [5, 5.41) is 7.58. The first-order valence-corrected chi connectivity index (χ1v) is 6.32. The van der Waals surface area contributed by atoms with Crippen molar-refractivity contribution in [2.45, 2.75) is 0 Å². The number of anilines is 2. The minimum Gasteiger partial charge on any atom is -0.384 e. The van der Waals surface area contributed by atoms with Crippen LogP contribution in [0.25, 0.3) is 0 Å². The minimum absolute atomic E-state index is 0.0305. The standard InChI is InChI=1S/C12H12IN5/c1-18(12-16-6-8(13)7-17-12)10-5-3-2-4-9(10)11(14)15/h2-7H,1H3,(H3,14,15). The van der Waals surface area contributed by atoms with Crippen molar-refractivity contribution < 1.29 is 0 Å². The maximum atomic E-state index is 7.58. The van der Waals surface area contributed by atoms with Gasteiger partial charge in [0.25, 0.3) is 0 Å². The van der Waals surface area contributed by atoms with Gasteiger partial charge in [-0.2, -0.15) is 0 Å². The largest absolute Gasteiger partial charge is 0.384 e. The molecule has 0 spiro atoms. The Morgan fingerprint density at radius 3 is 2.50 bits per heavy atom. The van der Waals surface area contributed by atoms with Crippen molar-refractivity contribution in [2.75, 3.05) is 11.9 Å². The molecule has 0 aliphatic heterocycles. The van der Waals surface area contributed by atoms with E-state index in [2.05, 4.69) is 32.6 Å². The fourth-order valence-corrected chi connectivity index (χ4v) is 1.86. The highest BCUT2D eigenvalue weighted by molar-refractivity contribution is 14.1. The van der Waals surface area contributed by atoms with Gasteiger partial charge in [-0.25, -0.2) is 9.97 Å². The SMILES string of the molecule is CN(c1ncc(I)cn1)c1ccccc1C(=N)N. The Hall–Kier alpha value is -1.70. The second-order valence-electron chi connectivity index (χ2n) is 3.69. The first kappa shape index (κ1) is 12.7. The Morgan fingerprint density at radius 2 is 1.89 bits per heavy atom. The van der Waals surface area contributed by atoms with Crippen LogP contribution in [-0.4, -0.2) is 22.9 Å². The third kappa shape index (κ3) is 2.58. The molecule has 2 rings (SSSR count). The number of nitrogens with two attached hydrogens (primary N) is 1. The van der Waals surface area contributed by atoms with Crippen molar-refractivity contribution in [3.05, 3.63) is 45.8 Å². The number of aromatic nitrogens is 2. The zero-order valence-electron chi connectivity index (χ0n) is 9.76. The molecule has 1 aromatic heterocycles. The van der Waals surface area contributed by atoms with E-state index in [1.54, 1.807) is 18.5 Å². The first-order valence-electron chi connectivity index (χ1n) is 5.24. The topological polar surface area (TPSA) is 78.9 Å². The molecule has 0 unspecified atom stereocenters. The molecule has 5 nitrogen and oxygen atoms in total. The summed E-state index contributed by atoms with van der Waals surface area (Å²) >= 11 is 2.15. The zero-order chi connectivity index (χ0) is 13.1. The number of nitrogens with one attached hydrogen (secondary N) is 1. The molecule has 0 amide bonds. The van der Waals surface area contributed by atoms with Gasteiger partial charge in [-0.05, 0) is 34.7 Å². The van der Waals surface area contributed by atoms with E-state index in [-0.39, 0.29) is 5.84 Å². The summed E-state index contributed by atoms with van der Waals surface area (Å²) in [6.07, 6.45) is 3.49. The van der Waals surface area contributed by atoms with Crippen LogP contribution in [0.15, 0.2) is 36.7 Å². The van der Waals surface area contributed by atoms with Crippen LogP contribution in [0.3, 0.4) is 0 Å². The lowest BCUT2D eigenvalue weighted by molar-refractivity contribution is 1.03. The number of nitrogen functional groups attached to an aromatic ring is 1. The van der Waals surface area contributed by atoms with Gasteiger partial charge in [0.15, 0.2) is 0 Å². The molecule has 0 saturated heterocycles. The second kappa shape index (κ2) is 5.30. The molecule has 6 heteroatoms. The van der Waals surface area contributed by atoms with Crippen molar-refractivity contribution in [1.82, 2.24) is 9.97 Å². The van der Waals surface area contributed by atoms with Gasteiger partial charge >= 0.3 is 0 Å². The van der Waals surface area contributed by atoms with E-state index in [0.29, 0.717) is 11.5 Å². The van der Waals surface area contributed by atoms with Crippen molar-refractivity contribution in [2.24, 2.45) is 5.73 Å². The summed E-state index contributed by atoms with van der Waals surface area (Å²) in [5.41, 5.74) is 7.05. The minimum atomic E-state index is 0.0305. The molecule has 1 aromatic carbocycles. The predicted molar refractivity (Wildman–Crippen MR) is 80.3 cm³/mol. The normalized spacial score (nSPS) is 10.1. The van der Waals surface area contributed by atoms with Crippen molar-refractivity contribution in [1.29, 1.82) is 5.41 Å². The van der Waals surface area contributed by atoms with Crippen LogP contribution in [0.4, 0.5) is 11.6 Å². The van der Waals surface area contributed by atoms with Crippen LogP contribution in [-0.2, 0) is 0 Å². The zero-order valence-corrected chi connectivity index (χ0v) is 11.9. The molecular weight excluding hydrogens is 341 g/mol. The molecule has 92 valence electrons. The van der Waals surface area contributed by atoms with Crippen LogP contribution < -0.4 is 10.6 Å². The summed E-state index contributed by atoms with van der Waals surface area (Å²) in [6.45, 7) is 0. The molecule has 0 aliphatic rings. The Morgan fingerprint density at radius 1 is 1.28 bits per heavy atom. The van der Waals surface area contributed by atoms with E-state index >= 15 is 0 Å². The van der Waals surface area contributed by atoms with Crippen molar-refractivity contribution in [3.63, 3.8) is 0 Å². The van der Waals surface area contributed by atoms with Gasteiger partial charge in [0.05, 0.1) is 5.69 Å².